The van der Waals surface area contributed by atoms with E-state index >= 15 is 0 Å². The highest BCUT2D eigenvalue weighted by Gasteiger charge is 2.29. The smallest absolute Gasteiger partial charge is 0.243 e. The summed E-state index contributed by atoms with van der Waals surface area (Å²) in [4.78, 5) is 4.81. The van der Waals surface area contributed by atoms with Crippen LogP contribution in [0.5, 0.6) is 0 Å². The van der Waals surface area contributed by atoms with Crippen molar-refractivity contribution in [3.63, 3.8) is 0 Å². The number of hydrogen-bond donors (Lipinski definition) is 2. The number of nitrogens with two attached hydrogens (primary N) is 1. The van der Waals surface area contributed by atoms with E-state index in [1.54, 1.807) is 28.6 Å². The summed E-state index contributed by atoms with van der Waals surface area (Å²) in [6, 6.07) is 14.7. The van der Waals surface area contributed by atoms with Gasteiger partial charge in [-0.05, 0) is 68.0 Å². The molecule has 3 N–H and O–H groups in total. The van der Waals surface area contributed by atoms with Crippen LogP contribution in [0.3, 0.4) is 0 Å². The second-order valence-corrected chi connectivity index (χ2v) is 9.25. The number of nitrogens with one attached hydrogen (secondary N) is 1. The Hall–Kier alpha value is -2.38. The first-order valence-electron chi connectivity index (χ1n) is 9.55. The second kappa shape index (κ2) is 8.75. The first-order chi connectivity index (χ1) is 13.4. The molecule has 0 spiro atoms. The molecule has 0 bridgehead atoms. The van der Waals surface area contributed by atoms with Crippen LogP contribution in [0.15, 0.2) is 58.4 Å². The molecule has 0 atom stereocenters. The summed E-state index contributed by atoms with van der Waals surface area (Å²) in [5, 5.41) is 3.13. The Bertz CT molecular complexity index is 934. The van der Waals surface area contributed by atoms with Crippen molar-refractivity contribution >= 4 is 21.7 Å². The van der Waals surface area contributed by atoms with Crippen molar-refractivity contribution in [1.82, 2.24) is 4.31 Å². The summed E-state index contributed by atoms with van der Waals surface area (Å²) in [7, 11) is -3.40. The first kappa shape index (κ1) is 20.4. The average molecular weight is 401 g/mol. The molecule has 2 aromatic carbocycles. The van der Waals surface area contributed by atoms with E-state index in [0.717, 1.165) is 18.5 Å². The van der Waals surface area contributed by atoms with Gasteiger partial charge in [0.05, 0.1) is 4.90 Å². The summed E-state index contributed by atoms with van der Waals surface area (Å²) < 4.78 is 26.9. The van der Waals surface area contributed by atoms with Crippen LogP contribution in [-0.4, -0.2) is 38.3 Å². The Labute approximate surface area is 167 Å². The van der Waals surface area contributed by atoms with E-state index in [4.69, 9.17) is 5.73 Å². The van der Waals surface area contributed by atoms with Crippen LogP contribution < -0.4 is 11.1 Å². The third kappa shape index (κ3) is 4.91. The predicted molar refractivity (Wildman–Crippen MR) is 114 cm³/mol. The molecule has 0 radical (unpaired) electrons. The molecule has 150 valence electrons. The molecule has 1 fully saturated rings. The fourth-order valence-electron chi connectivity index (χ4n) is 3.31. The summed E-state index contributed by atoms with van der Waals surface area (Å²) in [6.07, 6.45) is 1.57. The Balaban J connectivity index is 1.52. The van der Waals surface area contributed by atoms with Gasteiger partial charge in [-0.3, -0.25) is 4.99 Å². The van der Waals surface area contributed by atoms with Crippen LogP contribution in [0, 0.1) is 19.8 Å². The summed E-state index contributed by atoms with van der Waals surface area (Å²) >= 11 is 0. The van der Waals surface area contributed by atoms with Gasteiger partial charge in [-0.2, -0.15) is 4.31 Å². The molecule has 6 nitrogen and oxygen atoms in total. The SMILES string of the molecule is Cc1ccc(NC(N)=NCC2CCN(S(=O)(=O)c3ccccc3)CC2)cc1C. The van der Waals surface area contributed by atoms with Crippen LogP contribution in [0.1, 0.15) is 24.0 Å². The minimum Gasteiger partial charge on any atom is -0.370 e. The number of nitrogens with zero attached hydrogens (tertiary/aromatic N) is 2. The highest BCUT2D eigenvalue weighted by molar-refractivity contribution is 7.89. The molecule has 1 heterocycles. The predicted octanol–water partition coefficient (Wildman–Crippen LogP) is 3.13. The van der Waals surface area contributed by atoms with Gasteiger partial charge in [0, 0.05) is 25.3 Å². The first-order valence-corrected chi connectivity index (χ1v) is 11.0. The van der Waals surface area contributed by atoms with E-state index in [2.05, 4.69) is 24.2 Å². The maximum atomic E-state index is 12.7. The number of hydrogen-bond acceptors (Lipinski definition) is 3. The summed E-state index contributed by atoms with van der Waals surface area (Å²) in [5.41, 5.74) is 9.37. The van der Waals surface area contributed by atoms with Gasteiger partial charge in [-0.15, -0.1) is 0 Å². The van der Waals surface area contributed by atoms with Gasteiger partial charge in [-0.25, -0.2) is 8.42 Å². The molecular weight excluding hydrogens is 372 g/mol. The molecule has 0 saturated carbocycles. The number of anilines is 1. The fraction of sp³-hybridized carbons (Fsp3) is 0.381. The van der Waals surface area contributed by atoms with E-state index in [0.29, 0.717) is 36.4 Å². The lowest BCUT2D eigenvalue weighted by Crippen LogP contribution is -2.39. The zero-order valence-electron chi connectivity index (χ0n) is 16.4. The number of benzene rings is 2. The lowest BCUT2D eigenvalue weighted by Gasteiger charge is -2.30. The van der Waals surface area contributed by atoms with Gasteiger partial charge in [0.1, 0.15) is 0 Å². The minimum atomic E-state index is -3.40. The Kier molecular flexibility index (Phi) is 6.36. The maximum Gasteiger partial charge on any atom is 0.243 e. The van der Waals surface area contributed by atoms with Crippen molar-refractivity contribution in [2.24, 2.45) is 16.6 Å². The lowest BCUT2D eigenvalue weighted by atomic mass is 9.98. The molecule has 1 aliphatic heterocycles. The molecule has 0 unspecified atom stereocenters. The van der Waals surface area contributed by atoms with Crippen LogP contribution in [0.25, 0.3) is 0 Å². The van der Waals surface area contributed by atoms with Crippen molar-refractivity contribution in [3.05, 3.63) is 59.7 Å². The summed E-state index contributed by atoms with van der Waals surface area (Å²) in [6.45, 7) is 5.76. The molecule has 0 amide bonds. The molecule has 28 heavy (non-hydrogen) atoms. The number of aryl methyl sites for hydroxylation is 2. The van der Waals surface area contributed by atoms with Crippen molar-refractivity contribution in [2.75, 3.05) is 25.0 Å². The third-order valence-corrected chi connectivity index (χ3v) is 7.17. The highest BCUT2D eigenvalue weighted by atomic mass is 32.2. The second-order valence-electron chi connectivity index (χ2n) is 7.31. The van der Waals surface area contributed by atoms with Gasteiger partial charge in [0.2, 0.25) is 10.0 Å². The van der Waals surface area contributed by atoms with Gasteiger partial charge >= 0.3 is 0 Å². The maximum absolute atomic E-state index is 12.7. The van der Waals surface area contributed by atoms with Crippen LogP contribution in [-0.2, 0) is 10.0 Å². The van der Waals surface area contributed by atoms with Crippen molar-refractivity contribution in [2.45, 2.75) is 31.6 Å². The minimum absolute atomic E-state index is 0.335. The largest absolute Gasteiger partial charge is 0.370 e. The number of piperidine rings is 1. The number of guanidine groups is 1. The van der Waals surface area contributed by atoms with Crippen LogP contribution in [0.4, 0.5) is 5.69 Å². The molecule has 2 aromatic rings. The monoisotopic (exact) mass is 400 g/mol. The highest BCUT2D eigenvalue weighted by Crippen LogP contribution is 2.24. The van der Waals surface area contributed by atoms with Gasteiger partial charge in [-0.1, -0.05) is 24.3 Å². The van der Waals surface area contributed by atoms with Crippen molar-refractivity contribution in [1.29, 1.82) is 0 Å². The molecule has 0 aromatic heterocycles. The van der Waals surface area contributed by atoms with E-state index in [9.17, 15) is 8.42 Å². The van der Waals surface area contributed by atoms with Crippen LogP contribution >= 0.6 is 0 Å². The Morgan fingerprint density at radius 1 is 1.11 bits per heavy atom. The fourth-order valence-corrected chi connectivity index (χ4v) is 4.80. The van der Waals surface area contributed by atoms with Gasteiger partial charge < -0.3 is 11.1 Å². The topological polar surface area (TPSA) is 87.8 Å². The van der Waals surface area contributed by atoms with Gasteiger partial charge in [0.25, 0.3) is 0 Å². The van der Waals surface area contributed by atoms with E-state index in [1.165, 1.54) is 11.1 Å². The number of rotatable bonds is 5. The average Bonchev–Trinajstić information content (AvgIpc) is 2.70. The zero-order valence-corrected chi connectivity index (χ0v) is 17.2. The summed E-state index contributed by atoms with van der Waals surface area (Å²) in [5.74, 6) is 0.727. The molecule has 1 saturated heterocycles. The van der Waals surface area contributed by atoms with E-state index in [1.807, 2.05) is 24.3 Å². The Morgan fingerprint density at radius 2 is 1.79 bits per heavy atom. The molecule has 0 aliphatic carbocycles. The van der Waals surface area contributed by atoms with E-state index in [-0.39, 0.29) is 0 Å². The van der Waals surface area contributed by atoms with Crippen molar-refractivity contribution in [3.8, 4) is 0 Å². The molecule has 3 rings (SSSR count). The number of sulfonamides is 1. The molecule has 1 aliphatic rings. The molecule has 7 heteroatoms. The van der Waals surface area contributed by atoms with E-state index < -0.39 is 10.0 Å². The quantitative estimate of drug-likeness (QED) is 0.596. The van der Waals surface area contributed by atoms with Crippen LogP contribution in [0.2, 0.25) is 0 Å². The third-order valence-electron chi connectivity index (χ3n) is 5.25. The van der Waals surface area contributed by atoms with Crippen molar-refractivity contribution < 1.29 is 8.42 Å². The number of aliphatic imine (C=N–C) groups is 1. The normalized spacial score (nSPS) is 16.9. The lowest BCUT2D eigenvalue weighted by molar-refractivity contribution is 0.279. The van der Waals surface area contributed by atoms with Gasteiger partial charge in [0.15, 0.2) is 5.96 Å². The zero-order chi connectivity index (χ0) is 20.1. The Morgan fingerprint density at radius 3 is 2.43 bits per heavy atom. The molecular formula is C21H28N4O2S. The standard InChI is InChI=1S/C21H28N4O2S/c1-16-8-9-19(14-17(16)2)24-21(22)23-15-18-10-12-25(13-11-18)28(26,27)20-6-4-3-5-7-20/h3-9,14,18H,10-13,15H2,1-2H3,(H3,22,23,24).